The Balaban J connectivity index is 1.55. The topological polar surface area (TPSA) is 91.7 Å². The Morgan fingerprint density at radius 3 is 2.69 bits per heavy atom. The van der Waals surface area contributed by atoms with Crippen molar-refractivity contribution in [3.05, 3.63) is 80.0 Å². The van der Waals surface area contributed by atoms with E-state index in [-0.39, 0.29) is 24.1 Å². The fraction of sp³-hybridized carbons (Fsp3) is 0.370. The maximum absolute atomic E-state index is 13.5. The molecule has 4 aromatic heterocycles. The van der Waals surface area contributed by atoms with Gasteiger partial charge in [-0.25, -0.2) is 4.98 Å². The first-order valence-corrected chi connectivity index (χ1v) is 13.1. The normalized spacial score (nSPS) is 15.3. The van der Waals surface area contributed by atoms with E-state index >= 15 is 0 Å². The molecule has 0 aromatic carbocycles. The number of amides is 1. The van der Waals surface area contributed by atoms with Gasteiger partial charge in [-0.1, -0.05) is 0 Å². The van der Waals surface area contributed by atoms with Crippen LogP contribution in [0.3, 0.4) is 0 Å². The number of pyridine rings is 2. The Kier molecular flexibility index (Phi) is 6.79. The number of morpholine rings is 1. The van der Waals surface area contributed by atoms with Crippen molar-refractivity contribution in [2.24, 2.45) is 0 Å². The van der Waals surface area contributed by atoms with Gasteiger partial charge in [-0.05, 0) is 57.0 Å². The number of ether oxygens (including phenoxy) is 1. The molecule has 0 spiro atoms. The van der Waals surface area contributed by atoms with E-state index in [9.17, 15) is 9.59 Å². The minimum Gasteiger partial charge on any atom is -0.379 e. The first kappa shape index (κ1) is 24.4. The first-order chi connectivity index (χ1) is 17.3. The predicted molar refractivity (Wildman–Crippen MR) is 142 cm³/mol. The smallest absolute Gasteiger partial charge is 0.253 e. The Morgan fingerprint density at radius 2 is 2.00 bits per heavy atom. The molecule has 36 heavy (non-hydrogen) atoms. The molecule has 1 aliphatic heterocycles. The van der Waals surface area contributed by atoms with Crippen LogP contribution in [0.2, 0.25) is 0 Å². The fourth-order valence-electron chi connectivity index (χ4n) is 5.11. The number of aromatic amines is 1. The van der Waals surface area contributed by atoms with Crippen LogP contribution in [0.15, 0.2) is 40.8 Å². The van der Waals surface area contributed by atoms with E-state index < -0.39 is 0 Å². The molecule has 1 atom stereocenters. The van der Waals surface area contributed by atoms with E-state index in [4.69, 9.17) is 4.74 Å². The second kappa shape index (κ2) is 10.0. The van der Waals surface area contributed by atoms with Gasteiger partial charge in [-0.15, -0.1) is 11.3 Å². The largest absolute Gasteiger partial charge is 0.379 e. The number of hydrogen-bond donors (Lipinski definition) is 2. The van der Waals surface area contributed by atoms with Gasteiger partial charge in [0, 0.05) is 77.0 Å². The molecule has 2 N–H and O–H groups in total. The molecule has 5 rings (SSSR count). The molecule has 4 aromatic rings. The SMILES string of the molecule is Cc1cc(C)c(CNC(=O)c2cc3cc(-c4nccs4)cn3c(C(C)N3CCOCC3)c2C)c(=O)[nH]1. The number of fused-ring (bicyclic) bond motifs is 1. The lowest BCUT2D eigenvalue weighted by Gasteiger charge is -2.34. The summed E-state index contributed by atoms with van der Waals surface area (Å²) >= 11 is 1.59. The van der Waals surface area contributed by atoms with Gasteiger partial charge in [-0.2, -0.15) is 0 Å². The maximum Gasteiger partial charge on any atom is 0.253 e. The number of rotatable bonds is 6. The molecule has 188 valence electrons. The molecule has 1 saturated heterocycles. The van der Waals surface area contributed by atoms with Crippen LogP contribution < -0.4 is 10.9 Å². The summed E-state index contributed by atoms with van der Waals surface area (Å²) < 4.78 is 7.76. The maximum atomic E-state index is 13.5. The Morgan fingerprint density at radius 1 is 1.22 bits per heavy atom. The lowest BCUT2D eigenvalue weighted by Crippen LogP contribution is -2.39. The molecular formula is C27H31N5O3S. The van der Waals surface area contributed by atoms with Crippen molar-refractivity contribution in [2.75, 3.05) is 26.3 Å². The Bertz CT molecular complexity index is 1470. The van der Waals surface area contributed by atoms with Crippen LogP contribution in [0.5, 0.6) is 0 Å². The standard InChI is InChI=1S/C27H31N5O3S/c1-16-11-17(2)30-26(34)23(16)14-29-25(33)22-13-21-12-20(27-28-5-10-36-27)15-32(21)24(18(22)3)19(4)31-6-8-35-9-7-31/h5,10-13,15,19H,6-9,14H2,1-4H3,(H,29,33)(H,30,34). The van der Waals surface area contributed by atoms with Crippen molar-refractivity contribution in [1.29, 1.82) is 0 Å². The number of nitrogens with one attached hydrogen (secondary N) is 2. The molecule has 0 bridgehead atoms. The van der Waals surface area contributed by atoms with Gasteiger partial charge >= 0.3 is 0 Å². The van der Waals surface area contributed by atoms with Crippen molar-refractivity contribution in [1.82, 2.24) is 24.6 Å². The highest BCUT2D eigenvalue weighted by Crippen LogP contribution is 2.32. The zero-order valence-corrected chi connectivity index (χ0v) is 21.9. The molecule has 9 heteroatoms. The molecule has 5 heterocycles. The summed E-state index contributed by atoms with van der Waals surface area (Å²) in [6, 6.07) is 6.02. The number of aryl methyl sites for hydroxylation is 2. The highest BCUT2D eigenvalue weighted by Gasteiger charge is 2.26. The number of nitrogens with zero attached hydrogens (tertiary/aromatic N) is 3. The molecule has 8 nitrogen and oxygen atoms in total. The van der Waals surface area contributed by atoms with E-state index in [0.29, 0.717) is 24.3 Å². The van der Waals surface area contributed by atoms with Crippen LogP contribution in [-0.2, 0) is 11.3 Å². The summed E-state index contributed by atoms with van der Waals surface area (Å²) in [5, 5.41) is 5.90. The monoisotopic (exact) mass is 505 g/mol. The van der Waals surface area contributed by atoms with Crippen LogP contribution in [0.4, 0.5) is 0 Å². The minimum absolute atomic E-state index is 0.0860. The van der Waals surface area contributed by atoms with Gasteiger partial charge < -0.3 is 19.4 Å². The van der Waals surface area contributed by atoms with Crippen molar-refractivity contribution in [2.45, 2.75) is 40.3 Å². The molecule has 1 aliphatic rings. The zero-order chi connectivity index (χ0) is 25.4. The van der Waals surface area contributed by atoms with Crippen molar-refractivity contribution < 1.29 is 9.53 Å². The van der Waals surface area contributed by atoms with Crippen LogP contribution >= 0.6 is 11.3 Å². The van der Waals surface area contributed by atoms with Gasteiger partial charge in [-0.3, -0.25) is 14.5 Å². The predicted octanol–water partition coefficient (Wildman–Crippen LogP) is 4.00. The summed E-state index contributed by atoms with van der Waals surface area (Å²) in [7, 11) is 0. The van der Waals surface area contributed by atoms with Gasteiger partial charge in [0.15, 0.2) is 0 Å². The minimum atomic E-state index is -0.193. The third kappa shape index (κ3) is 4.61. The van der Waals surface area contributed by atoms with E-state index in [0.717, 1.165) is 51.7 Å². The van der Waals surface area contributed by atoms with Crippen molar-refractivity contribution in [3.8, 4) is 10.6 Å². The van der Waals surface area contributed by atoms with Gasteiger partial charge in [0.05, 0.1) is 13.2 Å². The molecule has 0 saturated carbocycles. The molecule has 1 fully saturated rings. The molecule has 0 radical (unpaired) electrons. The van der Waals surface area contributed by atoms with E-state index in [1.807, 2.05) is 38.3 Å². The highest BCUT2D eigenvalue weighted by molar-refractivity contribution is 7.13. The number of carbonyl (C=O) groups is 1. The summed E-state index contributed by atoms with van der Waals surface area (Å²) in [6.07, 6.45) is 3.92. The number of carbonyl (C=O) groups excluding carboxylic acids is 1. The quantitative estimate of drug-likeness (QED) is 0.413. The van der Waals surface area contributed by atoms with Crippen LogP contribution in [0.1, 0.15) is 51.4 Å². The number of hydrogen-bond acceptors (Lipinski definition) is 6. The third-order valence-electron chi connectivity index (χ3n) is 7.02. The fourth-order valence-corrected chi connectivity index (χ4v) is 5.73. The average molecular weight is 506 g/mol. The summed E-state index contributed by atoms with van der Waals surface area (Å²) in [4.78, 5) is 35.6. The zero-order valence-electron chi connectivity index (χ0n) is 21.1. The van der Waals surface area contributed by atoms with E-state index in [1.165, 1.54) is 0 Å². The second-order valence-corrected chi connectivity index (χ2v) is 10.3. The lowest BCUT2D eigenvalue weighted by atomic mass is 10.0. The second-order valence-electron chi connectivity index (χ2n) is 9.38. The third-order valence-corrected chi connectivity index (χ3v) is 7.84. The highest BCUT2D eigenvalue weighted by atomic mass is 32.1. The van der Waals surface area contributed by atoms with Crippen LogP contribution in [-0.4, -0.2) is 51.5 Å². The average Bonchev–Trinajstić information content (AvgIpc) is 3.53. The number of thiazole rings is 1. The van der Waals surface area contributed by atoms with Crippen molar-refractivity contribution >= 4 is 22.8 Å². The Labute approximate surface area is 213 Å². The van der Waals surface area contributed by atoms with Gasteiger partial charge in [0.25, 0.3) is 11.5 Å². The van der Waals surface area contributed by atoms with Crippen LogP contribution in [0.25, 0.3) is 16.1 Å². The van der Waals surface area contributed by atoms with Gasteiger partial charge in [0.2, 0.25) is 0 Å². The number of H-pyrrole nitrogens is 1. The first-order valence-electron chi connectivity index (χ1n) is 12.2. The van der Waals surface area contributed by atoms with Crippen LogP contribution in [0, 0.1) is 20.8 Å². The molecule has 0 aliphatic carbocycles. The van der Waals surface area contributed by atoms with E-state index in [1.54, 1.807) is 17.5 Å². The number of aromatic nitrogens is 3. The molecule has 1 unspecified atom stereocenters. The molecule has 1 amide bonds. The summed E-state index contributed by atoms with van der Waals surface area (Å²) in [5.74, 6) is -0.193. The van der Waals surface area contributed by atoms with Crippen molar-refractivity contribution in [3.63, 3.8) is 0 Å². The summed E-state index contributed by atoms with van der Waals surface area (Å²) in [5.41, 5.74) is 6.66. The lowest BCUT2D eigenvalue weighted by molar-refractivity contribution is 0.0187. The van der Waals surface area contributed by atoms with E-state index in [2.05, 4.69) is 43.8 Å². The Hall–Kier alpha value is -3.27. The van der Waals surface area contributed by atoms with Gasteiger partial charge in [0.1, 0.15) is 5.01 Å². The molecular weight excluding hydrogens is 474 g/mol. The summed E-state index contributed by atoms with van der Waals surface area (Å²) in [6.45, 7) is 11.2.